The minimum atomic E-state index is 0.144. The Morgan fingerprint density at radius 1 is 1.29 bits per heavy atom. The molecule has 0 bridgehead atoms. The van der Waals surface area contributed by atoms with E-state index in [1.165, 1.54) is 5.56 Å². The predicted octanol–water partition coefficient (Wildman–Crippen LogP) is 3.57. The third-order valence-electron chi connectivity index (χ3n) is 3.76. The molecule has 0 spiro atoms. The number of aromatic nitrogens is 2. The Hall–Kier alpha value is -1.33. The van der Waals surface area contributed by atoms with Crippen molar-refractivity contribution in [2.75, 3.05) is 12.9 Å². The zero-order chi connectivity index (χ0) is 14.5. The van der Waals surface area contributed by atoms with Crippen LogP contribution in [0.1, 0.15) is 36.5 Å². The zero-order valence-electron chi connectivity index (χ0n) is 12.2. The Bertz CT molecular complexity index is 567. The number of hydrogen-bond acceptors (Lipinski definition) is 5. The molecule has 3 rings (SSSR count). The standard InChI is InChI=1S/C16H20N2O2S/c1-21-16(9-10-16)15-17-14(20-18-15)8-5-11-19-12-13-6-3-2-4-7-13/h2-4,6-7H,5,8-12H2,1H3. The highest BCUT2D eigenvalue weighted by molar-refractivity contribution is 7.99. The Kier molecular flexibility index (Phi) is 4.60. The molecule has 1 aliphatic carbocycles. The van der Waals surface area contributed by atoms with Crippen LogP contribution in [-0.4, -0.2) is 23.0 Å². The van der Waals surface area contributed by atoms with Gasteiger partial charge in [-0.1, -0.05) is 35.5 Å². The molecule has 1 aromatic carbocycles. The molecular weight excluding hydrogens is 284 g/mol. The Balaban J connectivity index is 1.38. The summed E-state index contributed by atoms with van der Waals surface area (Å²) in [6.07, 6.45) is 6.12. The van der Waals surface area contributed by atoms with Gasteiger partial charge in [0.1, 0.15) is 0 Å². The Morgan fingerprint density at radius 3 is 2.81 bits per heavy atom. The first kappa shape index (κ1) is 14.6. The van der Waals surface area contributed by atoms with Crippen LogP contribution in [0.5, 0.6) is 0 Å². The number of aryl methyl sites for hydroxylation is 1. The summed E-state index contributed by atoms with van der Waals surface area (Å²) in [6.45, 7) is 1.37. The van der Waals surface area contributed by atoms with E-state index < -0.39 is 0 Å². The zero-order valence-corrected chi connectivity index (χ0v) is 13.1. The lowest BCUT2D eigenvalue weighted by atomic mass is 10.2. The van der Waals surface area contributed by atoms with Crippen molar-refractivity contribution in [2.24, 2.45) is 0 Å². The van der Waals surface area contributed by atoms with Crippen LogP contribution < -0.4 is 0 Å². The van der Waals surface area contributed by atoms with E-state index in [4.69, 9.17) is 9.26 Å². The van der Waals surface area contributed by atoms with Crippen LogP contribution in [0.2, 0.25) is 0 Å². The molecule has 0 aliphatic heterocycles. The molecule has 0 saturated heterocycles. The summed E-state index contributed by atoms with van der Waals surface area (Å²) in [6, 6.07) is 10.2. The fourth-order valence-corrected chi connectivity index (χ4v) is 3.04. The third-order valence-corrected chi connectivity index (χ3v) is 5.13. The first-order valence-corrected chi connectivity index (χ1v) is 8.55. The largest absolute Gasteiger partial charge is 0.377 e. The summed E-state index contributed by atoms with van der Waals surface area (Å²) in [5, 5.41) is 4.12. The predicted molar refractivity (Wildman–Crippen MR) is 83.1 cm³/mol. The molecule has 0 N–H and O–H groups in total. The number of rotatable bonds is 8. The summed E-state index contributed by atoms with van der Waals surface area (Å²) in [7, 11) is 0. The Morgan fingerprint density at radius 2 is 2.10 bits per heavy atom. The number of nitrogens with zero attached hydrogens (tertiary/aromatic N) is 2. The van der Waals surface area contributed by atoms with Crippen LogP contribution in [-0.2, 0) is 22.5 Å². The highest BCUT2D eigenvalue weighted by Crippen LogP contribution is 2.54. The van der Waals surface area contributed by atoms with E-state index >= 15 is 0 Å². The van der Waals surface area contributed by atoms with Crippen molar-refractivity contribution in [3.63, 3.8) is 0 Å². The molecule has 1 saturated carbocycles. The highest BCUT2D eigenvalue weighted by atomic mass is 32.2. The van der Waals surface area contributed by atoms with Crippen molar-refractivity contribution < 1.29 is 9.26 Å². The van der Waals surface area contributed by atoms with Crippen LogP contribution >= 0.6 is 11.8 Å². The normalized spacial score (nSPS) is 16.0. The molecule has 5 heteroatoms. The van der Waals surface area contributed by atoms with Crippen molar-refractivity contribution in [2.45, 2.75) is 37.0 Å². The summed E-state index contributed by atoms with van der Waals surface area (Å²) in [4.78, 5) is 4.52. The van der Waals surface area contributed by atoms with Gasteiger partial charge in [-0.15, -0.1) is 0 Å². The molecule has 1 heterocycles. The van der Waals surface area contributed by atoms with E-state index in [1.807, 2.05) is 30.0 Å². The minimum absolute atomic E-state index is 0.144. The van der Waals surface area contributed by atoms with Crippen LogP contribution in [0.15, 0.2) is 34.9 Å². The van der Waals surface area contributed by atoms with Gasteiger partial charge in [0.25, 0.3) is 0 Å². The van der Waals surface area contributed by atoms with Crippen LogP contribution in [0.3, 0.4) is 0 Å². The molecule has 2 aromatic rings. The topological polar surface area (TPSA) is 48.2 Å². The van der Waals surface area contributed by atoms with E-state index in [0.717, 1.165) is 37.4 Å². The summed E-state index contributed by atoms with van der Waals surface area (Å²) in [5.41, 5.74) is 1.20. The SMILES string of the molecule is CSC1(c2noc(CCCOCc3ccccc3)n2)CC1. The van der Waals surface area contributed by atoms with Gasteiger partial charge in [-0.3, -0.25) is 0 Å². The van der Waals surface area contributed by atoms with Gasteiger partial charge in [0.15, 0.2) is 5.82 Å². The number of ether oxygens (including phenoxy) is 1. The van der Waals surface area contributed by atoms with Gasteiger partial charge in [0.2, 0.25) is 5.89 Å². The molecule has 21 heavy (non-hydrogen) atoms. The second-order valence-corrected chi connectivity index (χ2v) is 6.54. The molecule has 0 atom stereocenters. The molecule has 1 aromatic heterocycles. The van der Waals surface area contributed by atoms with E-state index in [2.05, 4.69) is 28.5 Å². The highest BCUT2D eigenvalue weighted by Gasteiger charge is 2.47. The smallest absolute Gasteiger partial charge is 0.226 e. The first-order chi connectivity index (χ1) is 10.3. The molecule has 1 fully saturated rings. The average molecular weight is 304 g/mol. The molecule has 112 valence electrons. The average Bonchev–Trinajstić information content (AvgIpc) is 3.19. The van der Waals surface area contributed by atoms with Gasteiger partial charge in [0, 0.05) is 13.0 Å². The number of benzene rings is 1. The van der Waals surface area contributed by atoms with Gasteiger partial charge in [-0.05, 0) is 31.1 Å². The van der Waals surface area contributed by atoms with E-state index in [0.29, 0.717) is 13.2 Å². The van der Waals surface area contributed by atoms with Crippen molar-refractivity contribution in [1.82, 2.24) is 10.1 Å². The monoisotopic (exact) mass is 304 g/mol. The van der Waals surface area contributed by atoms with E-state index in [-0.39, 0.29) is 4.75 Å². The molecule has 0 radical (unpaired) electrons. The van der Waals surface area contributed by atoms with E-state index in [9.17, 15) is 0 Å². The van der Waals surface area contributed by atoms with Crippen molar-refractivity contribution in [3.05, 3.63) is 47.6 Å². The van der Waals surface area contributed by atoms with E-state index in [1.54, 1.807) is 0 Å². The Labute approximate surface area is 129 Å². The third kappa shape index (κ3) is 3.66. The molecule has 4 nitrogen and oxygen atoms in total. The van der Waals surface area contributed by atoms with Gasteiger partial charge in [0.05, 0.1) is 11.4 Å². The fourth-order valence-electron chi connectivity index (χ4n) is 2.26. The number of thioether (sulfide) groups is 1. The second-order valence-electron chi connectivity index (χ2n) is 5.35. The maximum atomic E-state index is 5.66. The lowest BCUT2D eigenvalue weighted by molar-refractivity contribution is 0.117. The van der Waals surface area contributed by atoms with Crippen molar-refractivity contribution >= 4 is 11.8 Å². The van der Waals surface area contributed by atoms with Gasteiger partial charge in [-0.25, -0.2) is 0 Å². The minimum Gasteiger partial charge on any atom is -0.377 e. The molecular formula is C16H20N2O2S. The molecule has 0 unspecified atom stereocenters. The summed E-state index contributed by atoms with van der Waals surface area (Å²) >= 11 is 1.82. The van der Waals surface area contributed by atoms with Crippen molar-refractivity contribution in [3.8, 4) is 0 Å². The fraction of sp³-hybridized carbons (Fsp3) is 0.500. The van der Waals surface area contributed by atoms with Crippen LogP contribution in [0, 0.1) is 0 Å². The molecule has 0 amide bonds. The number of hydrogen-bond donors (Lipinski definition) is 0. The van der Waals surface area contributed by atoms with Crippen LogP contribution in [0.25, 0.3) is 0 Å². The van der Waals surface area contributed by atoms with Gasteiger partial charge < -0.3 is 9.26 Å². The lowest BCUT2D eigenvalue weighted by Crippen LogP contribution is -2.03. The maximum Gasteiger partial charge on any atom is 0.226 e. The van der Waals surface area contributed by atoms with Crippen molar-refractivity contribution in [1.29, 1.82) is 0 Å². The lowest BCUT2D eigenvalue weighted by Gasteiger charge is -2.04. The quantitative estimate of drug-likeness (QED) is 0.698. The van der Waals surface area contributed by atoms with Crippen LogP contribution in [0.4, 0.5) is 0 Å². The first-order valence-electron chi connectivity index (χ1n) is 7.32. The maximum absolute atomic E-state index is 5.66. The molecule has 1 aliphatic rings. The summed E-state index contributed by atoms with van der Waals surface area (Å²) < 4.78 is 11.1. The summed E-state index contributed by atoms with van der Waals surface area (Å²) in [5.74, 6) is 1.60. The second kappa shape index (κ2) is 6.62. The van der Waals surface area contributed by atoms with Gasteiger partial charge >= 0.3 is 0 Å². The van der Waals surface area contributed by atoms with Gasteiger partial charge in [-0.2, -0.15) is 16.7 Å².